The van der Waals surface area contributed by atoms with Crippen LogP contribution in [0.2, 0.25) is 0 Å². The topological polar surface area (TPSA) is 92.3 Å². The van der Waals surface area contributed by atoms with Crippen molar-refractivity contribution in [1.29, 1.82) is 0 Å². The Morgan fingerprint density at radius 3 is 1.68 bits per heavy atom. The molecule has 0 saturated heterocycles. The number of esters is 1. The molecular formula is C19H24NO7P. The molecular weight excluding hydrogens is 385 g/mol. The van der Waals surface area contributed by atoms with Crippen molar-refractivity contribution in [2.24, 2.45) is 0 Å². The highest BCUT2D eigenvalue weighted by Crippen LogP contribution is 2.47. The Kier molecular flexibility index (Phi) is 8.17. The van der Waals surface area contributed by atoms with Crippen LogP contribution in [0.5, 0.6) is 23.0 Å². The number of rotatable bonds is 11. The number of methoxy groups -OCH3 is 2. The van der Waals surface area contributed by atoms with E-state index in [0.29, 0.717) is 23.0 Å². The van der Waals surface area contributed by atoms with E-state index >= 15 is 0 Å². The van der Waals surface area contributed by atoms with Gasteiger partial charge in [-0.1, -0.05) is 0 Å². The van der Waals surface area contributed by atoms with Gasteiger partial charge in [0.2, 0.25) is 0 Å². The highest BCUT2D eigenvalue weighted by Gasteiger charge is 2.28. The molecule has 28 heavy (non-hydrogen) atoms. The largest absolute Gasteiger partial charge is 0.497 e. The minimum absolute atomic E-state index is 0.115. The summed E-state index contributed by atoms with van der Waals surface area (Å²) in [4.78, 5) is 11.5. The van der Waals surface area contributed by atoms with Crippen LogP contribution in [0.1, 0.15) is 6.92 Å². The smallest absolute Gasteiger partial charge is 0.444 e. The number of carbonyl (C=O) groups is 1. The Bertz CT molecular complexity index is 739. The average molecular weight is 409 g/mol. The molecule has 0 spiro atoms. The fraction of sp³-hybridized carbons (Fsp3) is 0.316. The van der Waals surface area contributed by atoms with Crippen LogP contribution in [0.25, 0.3) is 0 Å². The summed E-state index contributed by atoms with van der Waals surface area (Å²) < 4.78 is 39.6. The molecule has 1 N–H and O–H groups in total. The Labute approximate surface area is 164 Å². The molecule has 0 aliphatic carbocycles. The van der Waals surface area contributed by atoms with Crippen molar-refractivity contribution in [3.63, 3.8) is 0 Å². The molecule has 0 bridgehead atoms. The van der Waals surface area contributed by atoms with Crippen molar-refractivity contribution in [1.82, 2.24) is 5.32 Å². The van der Waals surface area contributed by atoms with Gasteiger partial charge in [0.15, 0.2) is 0 Å². The van der Waals surface area contributed by atoms with Crippen molar-refractivity contribution < 1.29 is 32.6 Å². The van der Waals surface area contributed by atoms with Crippen LogP contribution in [-0.4, -0.2) is 39.6 Å². The average Bonchev–Trinajstić information content (AvgIpc) is 2.69. The lowest BCUT2D eigenvalue weighted by molar-refractivity contribution is -0.141. The standard InChI is InChI=1S/C19H24NO7P/c1-4-25-19(21)13-20-14-28(22,26-17-9-5-15(23-2)6-10-17)27-18-11-7-16(24-3)8-12-18/h5-12,20H,4,13-14H2,1-3H3. The zero-order valence-corrected chi connectivity index (χ0v) is 16.9. The molecule has 0 aromatic heterocycles. The SMILES string of the molecule is CCOC(=O)CNCP(=O)(Oc1ccc(OC)cc1)Oc1ccc(OC)cc1. The lowest BCUT2D eigenvalue weighted by Gasteiger charge is -2.20. The van der Waals surface area contributed by atoms with Gasteiger partial charge >= 0.3 is 13.6 Å². The van der Waals surface area contributed by atoms with E-state index in [1.807, 2.05) is 0 Å². The van der Waals surface area contributed by atoms with E-state index in [0.717, 1.165) is 0 Å². The van der Waals surface area contributed by atoms with Gasteiger partial charge in [0.05, 0.1) is 27.4 Å². The number of carbonyl (C=O) groups excluding carboxylic acids is 1. The Hall–Kier alpha value is -2.70. The van der Waals surface area contributed by atoms with Crippen LogP contribution in [0.15, 0.2) is 48.5 Å². The number of benzene rings is 2. The van der Waals surface area contributed by atoms with E-state index in [-0.39, 0.29) is 19.4 Å². The van der Waals surface area contributed by atoms with Crippen molar-refractivity contribution >= 4 is 13.6 Å². The lowest BCUT2D eigenvalue weighted by atomic mass is 10.3. The monoisotopic (exact) mass is 409 g/mol. The Balaban J connectivity index is 2.12. The van der Waals surface area contributed by atoms with E-state index < -0.39 is 13.6 Å². The maximum atomic E-state index is 13.3. The maximum absolute atomic E-state index is 13.3. The highest BCUT2D eigenvalue weighted by molar-refractivity contribution is 7.54. The second-order valence-electron chi connectivity index (χ2n) is 5.53. The van der Waals surface area contributed by atoms with Gasteiger partial charge < -0.3 is 23.3 Å². The Morgan fingerprint density at radius 1 is 0.857 bits per heavy atom. The zero-order chi connectivity index (χ0) is 20.4. The summed E-state index contributed by atoms with van der Waals surface area (Å²) in [5.74, 6) is 1.51. The first-order chi connectivity index (χ1) is 13.5. The molecule has 152 valence electrons. The summed E-state index contributed by atoms with van der Waals surface area (Å²) in [6, 6.07) is 13.2. The van der Waals surface area contributed by atoms with Crippen molar-refractivity contribution in [2.75, 3.05) is 33.7 Å². The molecule has 0 heterocycles. The van der Waals surface area contributed by atoms with Crippen LogP contribution in [0.3, 0.4) is 0 Å². The fourth-order valence-corrected chi connectivity index (χ4v) is 3.62. The second kappa shape index (κ2) is 10.6. The summed E-state index contributed by atoms with van der Waals surface area (Å²) in [5, 5.41) is 2.76. The van der Waals surface area contributed by atoms with Gasteiger partial charge in [0.1, 0.15) is 29.3 Å². The summed E-state index contributed by atoms with van der Waals surface area (Å²) >= 11 is 0. The van der Waals surface area contributed by atoms with Gasteiger partial charge in [-0.25, -0.2) is 4.57 Å². The van der Waals surface area contributed by atoms with Gasteiger partial charge in [0, 0.05) is 0 Å². The van der Waals surface area contributed by atoms with Gasteiger partial charge in [0.25, 0.3) is 0 Å². The molecule has 2 rings (SSSR count). The molecule has 0 amide bonds. The van der Waals surface area contributed by atoms with Crippen LogP contribution >= 0.6 is 7.60 Å². The zero-order valence-electron chi connectivity index (χ0n) is 16.0. The van der Waals surface area contributed by atoms with Gasteiger partial charge in [-0.15, -0.1) is 0 Å². The lowest BCUT2D eigenvalue weighted by Crippen LogP contribution is -2.27. The van der Waals surface area contributed by atoms with Crippen LogP contribution < -0.4 is 23.8 Å². The minimum Gasteiger partial charge on any atom is -0.497 e. The summed E-state index contributed by atoms with van der Waals surface area (Å²) in [6.45, 7) is 1.86. The van der Waals surface area contributed by atoms with E-state index in [1.54, 1.807) is 69.7 Å². The summed E-state index contributed by atoms with van der Waals surface area (Å²) in [5.41, 5.74) is 0. The first-order valence-corrected chi connectivity index (χ1v) is 10.3. The predicted molar refractivity (Wildman–Crippen MR) is 104 cm³/mol. The van der Waals surface area contributed by atoms with Gasteiger partial charge in [-0.2, -0.15) is 0 Å². The fourth-order valence-electron chi connectivity index (χ4n) is 2.18. The van der Waals surface area contributed by atoms with E-state index in [1.165, 1.54) is 0 Å². The van der Waals surface area contributed by atoms with E-state index in [9.17, 15) is 9.36 Å². The molecule has 0 aliphatic rings. The summed E-state index contributed by atoms with van der Waals surface area (Å²) in [6.07, 6.45) is -0.191. The third kappa shape index (κ3) is 6.79. The van der Waals surface area contributed by atoms with Crippen LogP contribution in [0, 0.1) is 0 Å². The number of ether oxygens (including phenoxy) is 3. The summed E-state index contributed by atoms with van der Waals surface area (Å²) in [7, 11) is -0.589. The molecule has 0 aliphatic heterocycles. The number of nitrogens with one attached hydrogen (secondary N) is 1. The quantitative estimate of drug-likeness (QED) is 0.446. The molecule has 0 saturated carbocycles. The highest BCUT2D eigenvalue weighted by atomic mass is 31.2. The number of hydrogen-bond acceptors (Lipinski definition) is 8. The molecule has 0 fully saturated rings. The molecule has 0 atom stereocenters. The van der Waals surface area contributed by atoms with Crippen molar-refractivity contribution in [3.05, 3.63) is 48.5 Å². The maximum Gasteiger partial charge on any atom is 0.444 e. The molecule has 2 aromatic rings. The van der Waals surface area contributed by atoms with Crippen molar-refractivity contribution in [2.45, 2.75) is 6.92 Å². The molecule has 0 unspecified atom stereocenters. The molecule has 8 nitrogen and oxygen atoms in total. The minimum atomic E-state index is -3.69. The van der Waals surface area contributed by atoms with Gasteiger partial charge in [-0.05, 0) is 55.5 Å². The normalized spacial score (nSPS) is 10.8. The molecule has 0 radical (unpaired) electrons. The van der Waals surface area contributed by atoms with E-state index in [2.05, 4.69) is 5.32 Å². The Morgan fingerprint density at radius 2 is 1.29 bits per heavy atom. The molecule has 2 aromatic carbocycles. The number of hydrogen-bond donors (Lipinski definition) is 1. The van der Waals surface area contributed by atoms with E-state index in [4.69, 9.17) is 23.3 Å². The van der Waals surface area contributed by atoms with Gasteiger partial charge in [-0.3, -0.25) is 10.1 Å². The van der Waals surface area contributed by atoms with Crippen molar-refractivity contribution in [3.8, 4) is 23.0 Å². The third-order valence-corrected chi connectivity index (χ3v) is 5.08. The third-order valence-electron chi connectivity index (χ3n) is 3.49. The first-order valence-electron chi connectivity index (χ1n) is 8.60. The van der Waals surface area contributed by atoms with Crippen LogP contribution in [-0.2, 0) is 14.1 Å². The molecule has 9 heteroatoms. The first kappa shape index (κ1) is 21.6. The van der Waals surface area contributed by atoms with Crippen LogP contribution in [0.4, 0.5) is 0 Å². The predicted octanol–water partition coefficient (Wildman–Crippen LogP) is 3.46. The second-order valence-corrected chi connectivity index (χ2v) is 7.44.